The molecule has 0 unspecified atom stereocenters. The van der Waals surface area contributed by atoms with Gasteiger partial charge in [0.05, 0.1) is 0 Å². The maximum atomic E-state index is 8.05. The lowest BCUT2D eigenvalue weighted by Crippen LogP contribution is -2.15. The summed E-state index contributed by atoms with van der Waals surface area (Å²) < 4.78 is 0. The third-order valence-corrected chi connectivity index (χ3v) is 1.42. The van der Waals surface area contributed by atoms with Crippen LogP contribution in [0.1, 0.15) is 12.8 Å². The Kier molecular flexibility index (Phi) is 2.08. The molecule has 1 heterocycles. The Morgan fingerprint density at radius 1 is 1.44 bits per heavy atom. The van der Waals surface area contributed by atoms with Gasteiger partial charge in [-0.2, -0.15) is 10.3 Å². The van der Waals surface area contributed by atoms with Gasteiger partial charge in [0, 0.05) is 13.1 Å². The fourth-order valence-corrected chi connectivity index (χ4v) is 0.965. The lowest BCUT2D eigenvalue weighted by Gasteiger charge is -2.06. The zero-order chi connectivity index (χ0) is 6.53. The number of nitriles is 1. The summed E-state index contributed by atoms with van der Waals surface area (Å²) in [5.41, 5.74) is 0. The topological polar surface area (TPSA) is 39.4 Å². The van der Waals surface area contributed by atoms with E-state index >= 15 is 0 Å². The van der Waals surface area contributed by atoms with Crippen molar-refractivity contribution in [3.8, 4) is 6.19 Å². The predicted octanol–water partition coefficient (Wildman–Crippen LogP) is 0.592. The molecule has 0 aliphatic carbocycles. The van der Waals surface area contributed by atoms with Crippen molar-refractivity contribution in [1.29, 1.82) is 5.26 Å². The molecule has 0 saturated carbocycles. The van der Waals surface area contributed by atoms with Crippen molar-refractivity contribution in [2.24, 2.45) is 4.99 Å². The van der Waals surface area contributed by atoms with Crippen LogP contribution in [-0.2, 0) is 0 Å². The van der Waals surface area contributed by atoms with Gasteiger partial charge in [0.15, 0.2) is 0 Å². The van der Waals surface area contributed by atoms with Crippen molar-refractivity contribution in [2.45, 2.75) is 12.8 Å². The second-order valence-electron chi connectivity index (χ2n) is 2.09. The Morgan fingerprint density at radius 3 is 2.67 bits per heavy atom. The molecule has 1 aliphatic rings. The van der Waals surface area contributed by atoms with Gasteiger partial charge in [0.2, 0.25) is 6.19 Å². The van der Waals surface area contributed by atoms with Crippen LogP contribution in [0.4, 0.5) is 0 Å². The van der Waals surface area contributed by atoms with E-state index in [-0.39, 0.29) is 0 Å². The van der Waals surface area contributed by atoms with E-state index in [1.807, 2.05) is 0 Å². The van der Waals surface area contributed by atoms with E-state index in [0.29, 0.717) is 0 Å². The molecular weight excluding hydrogens is 114 g/mol. The van der Waals surface area contributed by atoms with Crippen LogP contribution in [0.2, 0.25) is 0 Å². The standard InChI is InChI=1S/C6H9N3/c7-5-8-6-9-3-1-2-4-9/h6H,1-4H2. The fourth-order valence-electron chi connectivity index (χ4n) is 0.965. The highest BCUT2D eigenvalue weighted by Crippen LogP contribution is 2.03. The van der Waals surface area contributed by atoms with Crippen LogP contribution in [0, 0.1) is 11.5 Å². The molecule has 0 aromatic rings. The summed E-state index contributed by atoms with van der Waals surface area (Å²) in [6.45, 7) is 2.12. The van der Waals surface area contributed by atoms with Crippen molar-refractivity contribution in [1.82, 2.24) is 4.90 Å². The van der Waals surface area contributed by atoms with E-state index in [1.165, 1.54) is 12.8 Å². The molecule has 0 amide bonds. The summed E-state index contributed by atoms with van der Waals surface area (Å²) in [6, 6.07) is 0. The van der Waals surface area contributed by atoms with E-state index in [9.17, 15) is 0 Å². The number of hydrogen-bond acceptors (Lipinski definition) is 2. The number of rotatable bonds is 1. The molecule has 48 valence electrons. The van der Waals surface area contributed by atoms with Crippen LogP contribution in [-0.4, -0.2) is 24.3 Å². The largest absolute Gasteiger partial charge is 0.362 e. The minimum absolute atomic E-state index is 1.06. The van der Waals surface area contributed by atoms with Crippen LogP contribution >= 0.6 is 0 Å². The Bertz CT molecular complexity index is 139. The normalized spacial score (nSPS) is 18.8. The predicted molar refractivity (Wildman–Crippen MR) is 34.9 cm³/mol. The van der Waals surface area contributed by atoms with E-state index in [0.717, 1.165) is 13.1 Å². The molecule has 0 spiro atoms. The average molecular weight is 123 g/mol. The third kappa shape index (κ3) is 1.73. The van der Waals surface area contributed by atoms with Crippen molar-refractivity contribution in [3.05, 3.63) is 0 Å². The van der Waals surface area contributed by atoms with Gasteiger partial charge in [0.1, 0.15) is 6.34 Å². The lowest BCUT2D eigenvalue weighted by molar-refractivity contribution is 0.536. The zero-order valence-corrected chi connectivity index (χ0v) is 5.25. The Morgan fingerprint density at radius 2 is 2.11 bits per heavy atom. The maximum absolute atomic E-state index is 8.05. The molecule has 0 atom stereocenters. The summed E-state index contributed by atoms with van der Waals surface area (Å²) in [7, 11) is 0. The second kappa shape index (κ2) is 3.08. The minimum Gasteiger partial charge on any atom is -0.362 e. The van der Waals surface area contributed by atoms with E-state index in [2.05, 4.69) is 9.89 Å². The number of hydrogen-bond donors (Lipinski definition) is 0. The SMILES string of the molecule is N#CN=CN1CCCC1. The summed E-state index contributed by atoms with van der Waals surface area (Å²) in [5.74, 6) is 0. The lowest BCUT2D eigenvalue weighted by atomic mass is 10.4. The Hall–Kier alpha value is -1.04. The Balaban J connectivity index is 2.28. The van der Waals surface area contributed by atoms with Crippen LogP contribution in [0.25, 0.3) is 0 Å². The maximum Gasteiger partial charge on any atom is 0.207 e. The fraction of sp³-hybridized carbons (Fsp3) is 0.667. The summed E-state index contributed by atoms with van der Waals surface area (Å²) in [4.78, 5) is 5.52. The van der Waals surface area contributed by atoms with E-state index in [4.69, 9.17) is 5.26 Å². The van der Waals surface area contributed by atoms with Crippen LogP contribution < -0.4 is 0 Å². The first-order chi connectivity index (χ1) is 4.43. The summed E-state index contributed by atoms with van der Waals surface area (Å²) >= 11 is 0. The molecule has 3 heteroatoms. The quantitative estimate of drug-likeness (QED) is 0.291. The number of nitrogens with zero attached hydrogens (tertiary/aromatic N) is 3. The van der Waals surface area contributed by atoms with Gasteiger partial charge in [-0.25, -0.2) is 0 Å². The number of likely N-dealkylation sites (tertiary alicyclic amines) is 1. The molecule has 1 fully saturated rings. The molecule has 3 nitrogen and oxygen atoms in total. The first-order valence-electron chi connectivity index (χ1n) is 3.10. The molecule has 1 rings (SSSR count). The molecule has 0 bridgehead atoms. The first-order valence-corrected chi connectivity index (χ1v) is 3.10. The highest BCUT2D eigenvalue weighted by Gasteiger charge is 2.05. The summed E-state index contributed by atoms with van der Waals surface area (Å²) in [6.07, 6.45) is 5.81. The van der Waals surface area contributed by atoms with Gasteiger partial charge in [0.25, 0.3) is 0 Å². The molecular formula is C6H9N3. The Labute approximate surface area is 54.6 Å². The smallest absolute Gasteiger partial charge is 0.207 e. The average Bonchev–Trinajstić information content (AvgIpc) is 2.34. The second-order valence-corrected chi connectivity index (χ2v) is 2.09. The van der Waals surface area contributed by atoms with Crippen LogP contribution in [0.15, 0.2) is 4.99 Å². The van der Waals surface area contributed by atoms with Gasteiger partial charge in [-0.15, -0.1) is 0 Å². The third-order valence-electron chi connectivity index (χ3n) is 1.42. The molecule has 1 saturated heterocycles. The van der Waals surface area contributed by atoms with Gasteiger partial charge in [-0.05, 0) is 12.8 Å². The van der Waals surface area contributed by atoms with E-state index < -0.39 is 0 Å². The van der Waals surface area contributed by atoms with Gasteiger partial charge < -0.3 is 4.90 Å². The molecule has 0 aromatic carbocycles. The summed E-state index contributed by atoms with van der Waals surface area (Å²) in [5, 5.41) is 8.05. The number of aliphatic imine (C=N–C) groups is 1. The highest BCUT2D eigenvalue weighted by atomic mass is 15.2. The van der Waals surface area contributed by atoms with Crippen molar-refractivity contribution in [3.63, 3.8) is 0 Å². The van der Waals surface area contributed by atoms with Crippen LogP contribution in [0.3, 0.4) is 0 Å². The monoisotopic (exact) mass is 123 g/mol. The van der Waals surface area contributed by atoms with E-state index in [1.54, 1.807) is 12.5 Å². The molecule has 0 radical (unpaired) electrons. The van der Waals surface area contributed by atoms with Gasteiger partial charge >= 0.3 is 0 Å². The van der Waals surface area contributed by atoms with Crippen molar-refractivity contribution >= 4 is 6.34 Å². The van der Waals surface area contributed by atoms with Crippen molar-refractivity contribution in [2.75, 3.05) is 13.1 Å². The minimum atomic E-state index is 1.06. The highest BCUT2D eigenvalue weighted by molar-refractivity contribution is 5.56. The van der Waals surface area contributed by atoms with Crippen molar-refractivity contribution < 1.29 is 0 Å². The first kappa shape index (κ1) is 6.09. The van der Waals surface area contributed by atoms with Crippen LogP contribution in [0.5, 0.6) is 0 Å². The molecule has 9 heavy (non-hydrogen) atoms. The molecule has 1 aliphatic heterocycles. The van der Waals surface area contributed by atoms with Gasteiger partial charge in [-0.3, -0.25) is 0 Å². The molecule has 0 aromatic heterocycles. The molecule has 0 N–H and O–H groups in total. The van der Waals surface area contributed by atoms with Gasteiger partial charge in [-0.1, -0.05) is 0 Å². The zero-order valence-electron chi connectivity index (χ0n) is 5.25.